The molecule has 0 saturated heterocycles. The Kier molecular flexibility index (Phi) is 7.81. The number of ether oxygens (including phenoxy) is 1. The van der Waals surface area contributed by atoms with Gasteiger partial charge in [0.05, 0.1) is 10.6 Å². The third-order valence-corrected chi connectivity index (χ3v) is 3.99. The number of rotatable bonds is 8. The molecule has 0 aliphatic heterocycles. The molecule has 0 spiro atoms. The highest BCUT2D eigenvalue weighted by atomic mass is 16.6. The number of nitrogens with zero attached hydrogens (tertiary/aromatic N) is 1. The summed E-state index contributed by atoms with van der Waals surface area (Å²) in [5.41, 5.74) is 1.52. The number of nitro benzene ring substituents is 1. The van der Waals surface area contributed by atoms with Gasteiger partial charge in [0.1, 0.15) is 6.04 Å². The van der Waals surface area contributed by atoms with Crippen molar-refractivity contribution < 1.29 is 24.0 Å². The molecule has 0 heterocycles. The largest absolute Gasteiger partial charge is 0.454 e. The van der Waals surface area contributed by atoms with Gasteiger partial charge in [-0.05, 0) is 31.1 Å². The summed E-state index contributed by atoms with van der Waals surface area (Å²) in [6.07, 6.45) is 2.89. The summed E-state index contributed by atoms with van der Waals surface area (Å²) < 4.78 is 4.90. The molecule has 0 fully saturated rings. The molecule has 2 N–H and O–H groups in total. The monoisotopic (exact) mass is 411 g/mol. The lowest BCUT2D eigenvalue weighted by Gasteiger charge is -2.13. The maximum atomic E-state index is 12.0. The number of benzene rings is 2. The molecule has 0 aliphatic carbocycles. The van der Waals surface area contributed by atoms with E-state index < -0.39 is 35.4 Å². The van der Waals surface area contributed by atoms with Crippen molar-refractivity contribution in [3.8, 4) is 0 Å². The Hall–Kier alpha value is -4.01. The Morgan fingerprint density at radius 3 is 2.53 bits per heavy atom. The molecule has 30 heavy (non-hydrogen) atoms. The Labute approximate surface area is 172 Å². The van der Waals surface area contributed by atoms with Gasteiger partial charge in [-0.3, -0.25) is 19.7 Å². The van der Waals surface area contributed by atoms with Gasteiger partial charge in [0.25, 0.3) is 11.6 Å². The first-order valence-electron chi connectivity index (χ1n) is 9.01. The van der Waals surface area contributed by atoms with Crippen molar-refractivity contribution >= 4 is 35.2 Å². The molecule has 2 aromatic carbocycles. The van der Waals surface area contributed by atoms with Crippen LogP contribution in [0.5, 0.6) is 0 Å². The minimum atomic E-state index is -0.967. The Balaban J connectivity index is 1.82. The first-order valence-corrected chi connectivity index (χ1v) is 9.01. The van der Waals surface area contributed by atoms with E-state index in [9.17, 15) is 24.5 Å². The predicted molar refractivity (Wildman–Crippen MR) is 111 cm³/mol. The molecular weight excluding hydrogens is 390 g/mol. The molecule has 1 atom stereocenters. The molecule has 2 aromatic rings. The number of anilines is 1. The molecule has 0 radical (unpaired) electrons. The average Bonchev–Trinajstić information content (AvgIpc) is 2.72. The molecular formula is C21H21N3O6. The molecule has 156 valence electrons. The Morgan fingerprint density at radius 1 is 1.17 bits per heavy atom. The van der Waals surface area contributed by atoms with Gasteiger partial charge in [0.15, 0.2) is 6.61 Å². The van der Waals surface area contributed by atoms with Crippen molar-refractivity contribution in [2.24, 2.45) is 0 Å². The number of amides is 2. The Morgan fingerprint density at radius 2 is 1.87 bits per heavy atom. The molecule has 0 aromatic heterocycles. The number of nitro groups is 1. The number of esters is 1. The van der Waals surface area contributed by atoms with Gasteiger partial charge in [-0.2, -0.15) is 0 Å². The third-order valence-electron chi connectivity index (χ3n) is 3.99. The minimum Gasteiger partial charge on any atom is -0.454 e. The quantitative estimate of drug-likeness (QED) is 0.297. The van der Waals surface area contributed by atoms with Crippen molar-refractivity contribution in [2.45, 2.75) is 19.9 Å². The average molecular weight is 411 g/mol. The van der Waals surface area contributed by atoms with Crippen molar-refractivity contribution in [1.82, 2.24) is 5.32 Å². The van der Waals surface area contributed by atoms with Crippen LogP contribution in [-0.4, -0.2) is 35.4 Å². The summed E-state index contributed by atoms with van der Waals surface area (Å²) in [5, 5.41) is 15.7. The number of hydrogen-bond donors (Lipinski definition) is 2. The van der Waals surface area contributed by atoms with Crippen LogP contribution in [0.2, 0.25) is 0 Å². The summed E-state index contributed by atoms with van der Waals surface area (Å²) in [4.78, 5) is 46.1. The fourth-order valence-electron chi connectivity index (χ4n) is 2.36. The van der Waals surface area contributed by atoms with E-state index in [2.05, 4.69) is 10.6 Å². The summed E-state index contributed by atoms with van der Waals surface area (Å²) in [7, 11) is 0. The van der Waals surface area contributed by atoms with Crippen LogP contribution < -0.4 is 10.6 Å². The number of aryl methyl sites for hydroxylation is 1. The first kappa shape index (κ1) is 22.3. The van der Waals surface area contributed by atoms with E-state index in [1.165, 1.54) is 31.2 Å². The van der Waals surface area contributed by atoms with Gasteiger partial charge in [0.2, 0.25) is 5.91 Å². The lowest BCUT2D eigenvalue weighted by molar-refractivity contribution is -0.384. The lowest BCUT2D eigenvalue weighted by Crippen LogP contribution is -2.39. The van der Waals surface area contributed by atoms with E-state index in [4.69, 9.17) is 4.74 Å². The molecule has 0 bridgehead atoms. The zero-order chi connectivity index (χ0) is 22.1. The summed E-state index contributed by atoms with van der Waals surface area (Å²) >= 11 is 0. The van der Waals surface area contributed by atoms with Crippen LogP contribution in [0, 0.1) is 17.0 Å². The zero-order valence-corrected chi connectivity index (χ0v) is 16.5. The van der Waals surface area contributed by atoms with Crippen molar-refractivity contribution in [2.75, 3.05) is 11.9 Å². The van der Waals surface area contributed by atoms with Crippen LogP contribution in [-0.2, 0) is 19.1 Å². The van der Waals surface area contributed by atoms with E-state index in [1.54, 1.807) is 13.0 Å². The highest BCUT2D eigenvalue weighted by Crippen LogP contribution is 2.21. The predicted octanol–water partition coefficient (Wildman–Crippen LogP) is 2.60. The van der Waals surface area contributed by atoms with Crippen LogP contribution >= 0.6 is 0 Å². The highest BCUT2D eigenvalue weighted by molar-refractivity contribution is 5.96. The molecule has 2 amide bonds. The van der Waals surface area contributed by atoms with E-state index >= 15 is 0 Å². The van der Waals surface area contributed by atoms with Crippen LogP contribution in [0.25, 0.3) is 6.08 Å². The normalized spacial score (nSPS) is 11.5. The lowest BCUT2D eigenvalue weighted by atomic mass is 10.2. The second-order valence-corrected chi connectivity index (χ2v) is 6.39. The second kappa shape index (κ2) is 10.5. The molecule has 0 saturated carbocycles. The third kappa shape index (κ3) is 6.86. The van der Waals surface area contributed by atoms with Crippen molar-refractivity contribution in [3.63, 3.8) is 0 Å². The van der Waals surface area contributed by atoms with Crippen molar-refractivity contribution in [3.05, 3.63) is 75.8 Å². The number of nitrogens with one attached hydrogen (secondary N) is 2. The number of carbonyl (C=O) groups excluding carboxylic acids is 3. The summed E-state index contributed by atoms with van der Waals surface area (Å²) in [6, 6.07) is 12.2. The summed E-state index contributed by atoms with van der Waals surface area (Å²) in [6.45, 7) is 2.51. The van der Waals surface area contributed by atoms with Crippen molar-refractivity contribution in [1.29, 1.82) is 0 Å². The zero-order valence-electron chi connectivity index (χ0n) is 16.5. The number of hydrogen-bond acceptors (Lipinski definition) is 6. The fraction of sp³-hybridized carbons (Fsp3) is 0.190. The van der Waals surface area contributed by atoms with Gasteiger partial charge in [0, 0.05) is 18.2 Å². The number of non-ortho nitro benzene ring substituents is 1. The fourth-order valence-corrected chi connectivity index (χ4v) is 2.36. The Bertz CT molecular complexity index is 972. The van der Waals surface area contributed by atoms with E-state index in [0.29, 0.717) is 5.56 Å². The molecule has 0 aliphatic rings. The summed E-state index contributed by atoms with van der Waals surface area (Å²) in [5.74, 6) is -1.93. The van der Waals surface area contributed by atoms with E-state index in [-0.39, 0.29) is 11.4 Å². The van der Waals surface area contributed by atoms with E-state index in [0.717, 1.165) is 5.56 Å². The van der Waals surface area contributed by atoms with Crippen LogP contribution in [0.4, 0.5) is 11.4 Å². The van der Waals surface area contributed by atoms with Gasteiger partial charge < -0.3 is 15.4 Å². The molecule has 2 rings (SSSR count). The van der Waals surface area contributed by atoms with Gasteiger partial charge in [-0.15, -0.1) is 0 Å². The standard InChI is InChI=1S/C21H21N3O6/c1-14-8-10-17(24(28)29)12-18(14)23-20(26)13-30-21(27)15(2)22-19(25)11-9-16-6-4-3-5-7-16/h3-12,15H,13H2,1-2H3,(H,22,25)(H,23,26)/b11-9+/t15-/m0/s1. The molecule has 9 nitrogen and oxygen atoms in total. The highest BCUT2D eigenvalue weighted by Gasteiger charge is 2.18. The first-order chi connectivity index (χ1) is 14.3. The second-order valence-electron chi connectivity index (χ2n) is 6.39. The SMILES string of the molecule is Cc1ccc([N+](=O)[O-])cc1NC(=O)COC(=O)[C@H](C)NC(=O)/C=C/c1ccccc1. The van der Waals surface area contributed by atoms with Crippen LogP contribution in [0.3, 0.4) is 0 Å². The smallest absolute Gasteiger partial charge is 0.328 e. The molecule has 9 heteroatoms. The minimum absolute atomic E-state index is 0.173. The maximum Gasteiger partial charge on any atom is 0.328 e. The van der Waals surface area contributed by atoms with Crippen LogP contribution in [0.1, 0.15) is 18.1 Å². The molecule has 0 unspecified atom stereocenters. The topological polar surface area (TPSA) is 128 Å². The van der Waals surface area contributed by atoms with E-state index in [1.807, 2.05) is 30.3 Å². The van der Waals surface area contributed by atoms with Crippen LogP contribution in [0.15, 0.2) is 54.6 Å². The number of carbonyl (C=O) groups is 3. The van der Waals surface area contributed by atoms with Gasteiger partial charge >= 0.3 is 5.97 Å². The van der Waals surface area contributed by atoms with Gasteiger partial charge in [-0.25, -0.2) is 4.79 Å². The van der Waals surface area contributed by atoms with Gasteiger partial charge in [-0.1, -0.05) is 36.4 Å². The maximum absolute atomic E-state index is 12.0.